The van der Waals surface area contributed by atoms with Crippen molar-refractivity contribution in [1.29, 1.82) is 0 Å². The Morgan fingerprint density at radius 2 is 1.69 bits per heavy atom. The van der Waals surface area contributed by atoms with Gasteiger partial charge in [-0.2, -0.15) is 13.2 Å². The number of allylic oxidation sites excluding steroid dienone is 2. The number of hydrogen-bond donors (Lipinski definition) is 1. The van der Waals surface area contributed by atoms with Crippen LogP contribution in [0.4, 0.5) is 18.9 Å². The average Bonchev–Trinajstić information content (AvgIpc) is 2.60. The molecule has 1 N–H and O–H groups in total. The number of alkyl halides is 3. The second kappa shape index (κ2) is 9.46. The number of halogens is 4. The van der Waals surface area contributed by atoms with Gasteiger partial charge in [-0.05, 0) is 38.1 Å². The maximum Gasteiger partial charge on any atom is 0.416 e. The van der Waals surface area contributed by atoms with Crippen LogP contribution in [0.15, 0.2) is 29.8 Å². The number of anilines is 1. The van der Waals surface area contributed by atoms with Crippen LogP contribution in [0, 0.1) is 5.92 Å². The molecule has 0 radical (unpaired) electrons. The van der Waals surface area contributed by atoms with E-state index in [2.05, 4.69) is 4.74 Å². The number of esters is 1. The van der Waals surface area contributed by atoms with Crippen LogP contribution in [-0.2, 0) is 34.9 Å². The van der Waals surface area contributed by atoms with Crippen molar-refractivity contribution in [2.24, 2.45) is 5.92 Å². The van der Waals surface area contributed by atoms with E-state index in [-0.39, 0.29) is 5.02 Å². The van der Waals surface area contributed by atoms with Gasteiger partial charge < -0.3 is 10.1 Å². The summed E-state index contributed by atoms with van der Waals surface area (Å²) in [5.74, 6) is -9.90. The Labute approximate surface area is 167 Å². The molecule has 0 heterocycles. The predicted molar refractivity (Wildman–Crippen MR) is 95.0 cm³/mol. The fourth-order valence-corrected chi connectivity index (χ4v) is 2.24. The molecule has 0 bridgehead atoms. The van der Waals surface area contributed by atoms with Crippen LogP contribution in [0.1, 0.15) is 19.4 Å². The number of benzene rings is 1. The SMILES string of the molecule is COC(=O)C(=O)[C@@H](C(=O)C=C(C)C)C(=O)C(=O)Nc1cc(C(F)(F)F)ccc1Cl. The van der Waals surface area contributed by atoms with Gasteiger partial charge in [-0.25, -0.2) is 4.79 Å². The Kier molecular flexibility index (Phi) is 7.84. The number of Topliss-reactive ketones (excluding diaryl/α,β-unsaturated/α-hetero) is 2. The Hall–Kier alpha value is -3.01. The number of nitrogens with one attached hydrogen (secondary N) is 1. The molecule has 0 aliphatic heterocycles. The van der Waals surface area contributed by atoms with Gasteiger partial charge in [0.15, 0.2) is 11.7 Å². The second-order valence-corrected chi connectivity index (χ2v) is 6.33. The van der Waals surface area contributed by atoms with Gasteiger partial charge >= 0.3 is 12.1 Å². The molecule has 0 aliphatic carbocycles. The topological polar surface area (TPSA) is 107 Å². The number of rotatable bonds is 7. The van der Waals surface area contributed by atoms with E-state index in [0.717, 1.165) is 19.3 Å². The van der Waals surface area contributed by atoms with E-state index in [4.69, 9.17) is 11.6 Å². The Balaban J connectivity index is 3.26. The van der Waals surface area contributed by atoms with Crippen molar-refractivity contribution in [3.8, 4) is 0 Å². The van der Waals surface area contributed by atoms with Crippen molar-refractivity contribution in [2.75, 3.05) is 12.4 Å². The van der Waals surface area contributed by atoms with Crippen molar-refractivity contribution in [3.05, 3.63) is 40.4 Å². The molecule has 156 valence electrons. The monoisotopic (exact) mass is 433 g/mol. The van der Waals surface area contributed by atoms with E-state index < -0.39 is 52.6 Å². The molecule has 1 aromatic carbocycles. The lowest BCUT2D eigenvalue weighted by molar-refractivity contribution is -0.157. The molecular weight excluding hydrogens is 419 g/mol. The van der Waals surface area contributed by atoms with Crippen LogP contribution in [0.2, 0.25) is 5.02 Å². The summed E-state index contributed by atoms with van der Waals surface area (Å²) in [6, 6.07) is 1.97. The highest BCUT2D eigenvalue weighted by molar-refractivity contribution is 6.55. The van der Waals surface area contributed by atoms with Gasteiger partial charge in [-0.3, -0.25) is 19.2 Å². The highest BCUT2D eigenvalue weighted by Crippen LogP contribution is 2.33. The zero-order chi connectivity index (χ0) is 22.5. The van der Waals surface area contributed by atoms with Gasteiger partial charge in [0.25, 0.3) is 11.7 Å². The molecule has 1 aromatic rings. The lowest BCUT2D eigenvalue weighted by Gasteiger charge is -2.13. The number of methoxy groups -OCH3 is 1. The molecule has 7 nitrogen and oxygen atoms in total. The van der Waals surface area contributed by atoms with E-state index in [1.807, 2.05) is 5.32 Å². The molecular formula is C18H15ClF3NO6. The number of hydrogen-bond acceptors (Lipinski definition) is 6. The fourth-order valence-electron chi connectivity index (χ4n) is 2.08. The molecule has 1 rings (SSSR count). The first-order valence-corrected chi connectivity index (χ1v) is 8.20. The summed E-state index contributed by atoms with van der Waals surface area (Å²) in [6.45, 7) is 2.93. The van der Waals surface area contributed by atoms with E-state index >= 15 is 0 Å². The number of amides is 1. The summed E-state index contributed by atoms with van der Waals surface area (Å²) >= 11 is 5.73. The van der Waals surface area contributed by atoms with Crippen molar-refractivity contribution >= 4 is 46.5 Å². The number of ether oxygens (including phenoxy) is 1. The van der Waals surface area contributed by atoms with Crippen LogP contribution in [0.5, 0.6) is 0 Å². The highest BCUT2D eigenvalue weighted by Gasteiger charge is 2.41. The quantitative estimate of drug-likeness (QED) is 0.307. The van der Waals surface area contributed by atoms with E-state index in [1.54, 1.807) is 0 Å². The summed E-state index contributed by atoms with van der Waals surface area (Å²) in [5.41, 5.74) is -1.36. The van der Waals surface area contributed by atoms with Gasteiger partial charge in [0.1, 0.15) is 0 Å². The van der Waals surface area contributed by atoms with Gasteiger partial charge in [0, 0.05) is 0 Å². The molecule has 0 unspecified atom stereocenters. The number of carbonyl (C=O) groups is 5. The summed E-state index contributed by atoms with van der Waals surface area (Å²) in [6.07, 6.45) is -3.88. The standard InChI is InChI=1S/C18H15ClF3NO6/c1-8(2)6-12(24)13(15(26)17(28)29-3)14(25)16(27)23-11-7-9(18(20,21)22)4-5-10(11)19/h4-7,13H,1-3H3,(H,23,27)/t13-/m0/s1. The van der Waals surface area contributed by atoms with Crippen LogP contribution < -0.4 is 5.32 Å². The molecule has 11 heteroatoms. The van der Waals surface area contributed by atoms with Crippen LogP contribution >= 0.6 is 11.6 Å². The molecule has 0 saturated carbocycles. The molecule has 0 spiro atoms. The van der Waals surface area contributed by atoms with Crippen molar-refractivity contribution in [1.82, 2.24) is 0 Å². The van der Waals surface area contributed by atoms with Gasteiger partial charge in [0.2, 0.25) is 5.78 Å². The molecule has 0 saturated heterocycles. The third-order valence-electron chi connectivity index (χ3n) is 3.39. The Bertz CT molecular complexity index is 903. The third kappa shape index (κ3) is 6.24. The minimum absolute atomic E-state index is 0.328. The number of carbonyl (C=O) groups excluding carboxylic acids is 5. The smallest absolute Gasteiger partial charge is 0.416 e. The zero-order valence-corrected chi connectivity index (χ0v) is 16.1. The first-order chi connectivity index (χ1) is 13.3. The Morgan fingerprint density at radius 1 is 1.10 bits per heavy atom. The van der Waals surface area contributed by atoms with Gasteiger partial charge in [0.05, 0.1) is 23.4 Å². The summed E-state index contributed by atoms with van der Waals surface area (Å²) in [4.78, 5) is 60.3. The normalized spacial score (nSPS) is 11.8. The van der Waals surface area contributed by atoms with E-state index in [9.17, 15) is 37.1 Å². The van der Waals surface area contributed by atoms with Crippen molar-refractivity contribution in [2.45, 2.75) is 20.0 Å². The first-order valence-electron chi connectivity index (χ1n) is 7.82. The average molecular weight is 434 g/mol. The molecule has 1 amide bonds. The largest absolute Gasteiger partial charge is 0.463 e. The maximum absolute atomic E-state index is 12.8. The van der Waals surface area contributed by atoms with Gasteiger partial charge in [-0.15, -0.1) is 0 Å². The molecule has 0 aromatic heterocycles. The summed E-state index contributed by atoms with van der Waals surface area (Å²) in [5, 5.41) is 1.50. The van der Waals surface area contributed by atoms with Crippen molar-refractivity contribution < 1.29 is 41.9 Å². The minimum Gasteiger partial charge on any atom is -0.463 e. The van der Waals surface area contributed by atoms with Gasteiger partial charge in [-0.1, -0.05) is 17.2 Å². The van der Waals surface area contributed by atoms with Crippen LogP contribution in [0.25, 0.3) is 0 Å². The second-order valence-electron chi connectivity index (χ2n) is 5.92. The summed E-state index contributed by atoms with van der Waals surface area (Å²) < 4.78 is 42.6. The summed E-state index contributed by atoms with van der Waals surface area (Å²) in [7, 11) is 0.829. The Morgan fingerprint density at radius 3 is 2.17 bits per heavy atom. The minimum atomic E-state index is -4.75. The van der Waals surface area contributed by atoms with Crippen LogP contribution in [0.3, 0.4) is 0 Å². The molecule has 29 heavy (non-hydrogen) atoms. The van der Waals surface area contributed by atoms with E-state index in [0.29, 0.717) is 17.7 Å². The van der Waals surface area contributed by atoms with E-state index in [1.165, 1.54) is 13.8 Å². The van der Waals surface area contributed by atoms with Crippen LogP contribution in [-0.4, -0.2) is 36.3 Å². The molecule has 0 fully saturated rings. The predicted octanol–water partition coefficient (Wildman–Crippen LogP) is 2.76. The number of ketones is 3. The zero-order valence-electron chi connectivity index (χ0n) is 15.3. The first kappa shape index (κ1) is 24.0. The third-order valence-corrected chi connectivity index (χ3v) is 3.72. The fraction of sp³-hybridized carbons (Fsp3) is 0.278. The molecule has 1 atom stereocenters. The maximum atomic E-state index is 12.8. The lowest BCUT2D eigenvalue weighted by atomic mass is 9.92. The van der Waals surface area contributed by atoms with Crippen molar-refractivity contribution in [3.63, 3.8) is 0 Å². The highest BCUT2D eigenvalue weighted by atomic mass is 35.5. The lowest BCUT2D eigenvalue weighted by Crippen LogP contribution is -2.42. The molecule has 0 aliphatic rings.